The largest absolute Gasteiger partial charge is 0.366 e. The predicted octanol–water partition coefficient (Wildman–Crippen LogP) is 3.97. The van der Waals surface area contributed by atoms with E-state index in [1.807, 2.05) is 36.4 Å². The van der Waals surface area contributed by atoms with E-state index in [1.165, 1.54) is 6.42 Å². The van der Waals surface area contributed by atoms with Crippen molar-refractivity contribution in [3.8, 4) is 11.3 Å². The molecule has 4 rings (SSSR count). The lowest BCUT2D eigenvalue weighted by atomic mass is 10.1. The molecule has 0 aliphatic carbocycles. The summed E-state index contributed by atoms with van der Waals surface area (Å²) in [5.74, 6) is 1.62. The van der Waals surface area contributed by atoms with Crippen LogP contribution in [0.4, 0.5) is 11.6 Å². The van der Waals surface area contributed by atoms with Crippen LogP contribution in [0, 0.1) is 0 Å². The van der Waals surface area contributed by atoms with Gasteiger partial charge in [0, 0.05) is 43.3 Å². The third-order valence-corrected chi connectivity index (χ3v) is 5.05. The van der Waals surface area contributed by atoms with E-state index in [4.69, 9.17) is 16.6 Å². The fraction of sp³-hybridized carbons (Fsp3) is 0.286. The topological polar surface area (TPSA) is 74.8 Å². The van der Waals surface area contributed by atoms with Crippen molar-refractivity contribution in [3.05, 3.63) is 65.6 Å². The van der Waals surface area contributed by atoms with Gasteiger partial charge in [-0.05, 0) is 55.3 Å². The summed E-state index contributed by atoms with van der Waals surface area (Å²) in [6.45, 7) is 2.72. The molecule has 3 aromatic rings. The van der Waals surface area contributed by atoms with Crippen LogP contribution in [0.15, 0.2) is 55.0 Å². The zero-order valence-corrected chi connectivity index (χ0v) is 16.3. The quantitative estimate of drug-likeness (QED) is 0.587. The van der Waals surface area contributed by atoms with Crippen molar-refractivity contribution in [1.29, 1.82) is 0 Å². The maximum Gasteiger partial charge on any atom is 0.126 e. The lowest BCUT2D eigenvalue weighted by molar-refractivity contribution is 0.479. The van der Waals surface area contributed by atoms with E-state index in [0.717, 1.165) is 48.0 Å². The molecule has 0 spiro atoms. The number of nitrogens with zero attached hydrogens (tertiary/aromatic N) is 3. The van der Waals surface area contributed by atoms with Crippen LogP contribution < -0.4 is 16.0 Å². The fourth-order valence-corrected chi connectivity index (χ4v) is 3.47. The molecule has 0 aromatic carbocycles. The highest BCUT2D eigenvalue weighted by Crippen LogP contribution is 2.29. The maximum atomic E-state index is 6.43. The Labute approximate surface area is 169 Å². The summed E-state index contributed by atoms with van der Waals surface area (Å²) in [7, 11) is 0. The summed E-state index contributed by atoms with van der Waals surface area (Å²) < 4.78 is 0. The van der Waals surface area contributed by atoms with Gasteiger partial charge in [0.05, 0.1) is 10.7 Å². The average Bonchev–Trinajstić information content (AvgIpc) is 2.75. The fourth-order valence-electron chi connectivity index (χ4n) is 3.27. The lowest BCUT2D eigenvalue weighted by Crippen LogP contribution is -2.38. The minimum absolute atomic E-state index is 0.386. The van der Waals surface area contributed by atoms with Crippen LogP contribution in [0.3, 0.4) is 0 Å². The normalized spacial score (nSPS) is 16.5. The highest BCUT2D eigenvalue weighted by Gasteiger charge is 2.14. The highest BCUT2D eigenvalue weighted by molar-refractivity contribution is 6.33. The Hall–Kier alpha value is -2.70. The smallest absolute Gasteiger partial charge is 0.126 e. The van der Waals surface area contributed by atoms with Crippen molar-refractivity contribution in [2.45, 2.75) is 25.4 Å². The highest BCUT2D eigenvalue weighted by atomic mass is 35.5. The van der Waals surface area contributed by atoms with Gasteiger partial charge in [0.25, 0.3) is 0 Å². The molecule has 0 bridgehead atoms. The van der Waals surface area contributed by atoms with Gasteiger partial charge >= 0.3 is 0 Å². The van der Waals surface area contributed by atoms with Crippen LogP contribution in [0.5, 0.6) is 0 Å². The van der Waals surface area contributed by atoms with E-state index >= 15 is 0 Å². The van der Waals surface area contributed by atoms with Gasteiger partial charge in [0.15, 0.2) is 0 Å². The first-order chi connectivity index (χ1) is 13.8. The van der Waals surface area contributed by atoms with E-state index < -0.39 is 0 Å². The minimum Gasteiger partial charge on any atom is -0.366 e. The molecular weight excluding hydrogens is 372 g/mol. The van der Waals surface area contributed by atoms with E-state index in [0.29, 0.717) is 17.6 Å². The van der Waals surface area contributed by atoms with Crippen LogP contribution in [-0.2, 0) is 6.54 Å². The van der Waals surface area contributed by atoms with Crippen molar-refractivity contribution in [2.24, 2.45) is 0 Å². The first kappa shape index (κ1) is 18.7. The van der Waals surface area contributed by atoms with Gasteiger partial charge in [-0.2, -0.15) is 0 Å². The Morgan fingerprint density at radius 1 is 1.14 bits per heavy atom. The van der Waals surface area contributed by atoms with E-state index in [2.05, 4.69) is 25.9 Å². The Balaban J connectivity index is 1.50. The summed E-state index contributed by atoms with van der Waals surface area (Å²) in [6, 6.07) is 12.2. The number of anilines is 2. The number of pyridine rings is 3. The van der Waals surface area contributed by atoms with Gasteiger partial charge in [-0.15, -0.1) is 0 Å². The second-order valence-electron chi connectivity index (χ2n) is 6.85. The van der Waals surface area contributed by atoms with Crippen LogP contribution in [0.25, 0.3) is 11.3 Å². The van der Waals surface area contributed by atoms with E-state index in [1.54, 1.807) is 18.6 Å². The van der Waals surface area contributed by atoms with Crippen LogP contribution >= 0.6 is 11.6 Å². The van der Waals surface area contributed by atoms with Gasteiger partial charge in [-0.1, -0.05) is 17.7 Å². The van der Waals surface area contributed by atoms with Crippen LogP contribution in [0.1, 0.15) is 18.4 Å². The monoisotopic (exact) mass is 394 g/mol. The molecule has 0 unspecified atom stereocenters. The molecule has 0 saturated carbocycles. The SMILES string of the molecule is Clc1cnc(N[C@@H]2CCCNC2)cc1-c1cccc(NCc2ccncc2)n1. The zero-order chi connectivity index (χ0) is 19.2. The molecule has 0 radical (unpaired) electrons. The molecule has 7 heteroatoms. The molecule has 3 N–H and O–H groups in total. The minimum atomic E-state index is 0.386. The Kier molecular flexibility index (Phi) is 5.99. The molecule has 0 amide bonds. The molecule has 4 heterocycles. The van der Waals surface area contributed by atoms with Gasteiger partial charge < -0.3 is 16.0 Å². The maximum absolute atomic E-state index is 6.43. The zero-order valence-electron chi connectivity index (χ0n) is 15.5. The third-order valence-electron chi connectivity index (χ3n) is 4.75. The molecule has 1 fully saturated rings. The Bertz CT molecular complexity index is 912. The van der Waals surface area contributed by atoms with Crippen molar-refractivity contribution in [1.82, 2.24) is 20.3 Å². The Morgan fingerprint density at radius 3 is 2.86 bits per heavy atom. The standard InChI is InChI=1S/C21H23ClN6/c22-18-14-26-21(27-16-3-2-8-24-13-16)11-17(18)19-4-1-5-20(28-19)25-12-15-6-9-23-10-7-15/h1,4-7,9-11,14,16,24H,2-3,8,12-13H2,(H,25,28)(H,26,27)/t16-/m1/s1. The molecule has 1 aliphatic heterocycles. The molecule has 1 saturated heterocycles. The molecule has 6 nitrogen and oxygen atoms in total. The van der Waals surface area contributed by atoms with Crippen molar-refractivity contribution < 1.29 is 0 Å². The number of hydrogen-bond acceptors (Lipinski definition) is 6. The summed E-state index contributed by atoms with van der Waals surface area (Å²) in [5.41, 5.74) is 2.84. The molecule has 28 heavy (non-hydrogen) atoms. The van der Waals surface area contributed by atoms with Gasteiger partial charge in [0.1, 0.15) is 11.6 Å². The number of aromatic nitrogens is 3. The molecule has 1 atom stereocenters. The third kappa shape index (κ3) is 4.77. The number of halogens is 1. The van der Waals surface area contributed by atoms with Crippen molar-refractivity contribution in [2.75, 3.05) is 23.7 Å². The molecule has 144 valence electrons. The first-order valence-corrected chi connectivity index (χ1v) is 9.89. The molecular formula is C21H23ClN6. The summed E-state index contributed by atoms with van der Waals surface area (Å²) >= 11 is 6.43. The average molecular weight is 395 g/mol. The van der Waals surface area contributed by atoms with Gasteiger partial charge in [-0.25, -0.2) is 9.97 Å². The first-order valence-electron chi connectivity index (χ1n) is 9.51. The van der Waals surface area contributed by atoms with Crippen LogP contribution in [-0.4, -0.2) is 34.1 Å². The van der Waals surface area contributed by atoms with Gasteiger partial charge in [-0.3, -0.25) is 4.98 Å². The Morgan fingerprint density at radius 2 is 2.04 bits per heavy atom. The number of hydrogen-bond donors (Lipinski definition) is 3. The lowest BCUT2D eigenvalue weighted by Gasteiger charge is -2.24. The van der Waals surface area contributed by atoms with E-state index in [-0.39, 0.29) is 0 Å². The van der Waals surface area contributed by atoms with Crippen molar-refractivity contribution >= 4 is 23.2 Å². The summed E-state index contributed by atoms with van der Waals surface area (Å²) in [4.78, 5) is 13.2. The summed E-state index contributed by atoms with van der Waals surface area (Å²) in [5, 5.41) is 10.8. The molecule has 3 aromatic heterocycles. The van der Waals surface area contributed by atoms with Crippen LogP contribution in [0.2, 0.25) is 5.02 Å². The van der Waals surface area contributed by atoms with Crippen molar-refractivity contribution in [3.63, 3.8) is 0 Å². The predicted molar refractivity (Wildman–Crippen MR) is 114 cm³/mol. The van der Waals surface area contributed by atoms with E-state index in [9.17, 15) is 0 Å². The number of piperidine rings is 1. The second kappa shape index (κ2) is 8.99. The summed E-state index contributed by atoms with van der Waals surface area (Å²) in [6.07, 6.45) is 7.57. The second-order valence-corrected chi connectivity index (χ2v) is 7.26. The van der Waals surface area contributed by atoms with Gasteiger partial charge in [0.2, 0.25) is 0 Å². The molecule has 1 aliphatic rings. The number of rotatable bonds is 6. The number of nitrogens with one attached hydrogen (secondary N) is 3.